The Hall–Kier alpha value is -0.320. The Morgan fingerprint density at radius 3 is 2.73 bits per heavy atom. The van der Waals surface area contributed by atoms with E-state index in [1.54, 1.807) is 6.20 Å². The van der Waals surface area contributed by atoms with Gasteiger partial charge in [0.15, 0.2) is 0 Å². The Bertz CT molecular complexity index is 330. The zero-order valence-electron chi connectivity index (χ0n) is 8.87. The minimum atomic E-state index is 0.333. The lowest BCUT2D eigenvalue weighted by Gasteiger charge is -2.28. The molecule has 0 saturated carbocycles. The Labute approximate surface area is 104 Å². The van der Waals surface area contributed by atoms with Gasteiger partial charge in [-0.25, -0.2) is 4.98 Å². The molecule has 0 amide bonds. The first-order valence-electron chi connectivity index (χ1n) is 4.84. The Morgan fingerprint density at radius 1 is 1.60 bits per heavy atom. The van der Waals surface area contributed by atoms with Crippen LogP contribution in [0.2, 0.25) is 5.02 Å². The zero-order valence-corrected chi connectivity index (χ0v) is 11.2. The number of hydrogen-bond donors (Lipinski definition) is 1. The third kappa shape index (κ3) is 3.33. The van der Waals surface area contributed by atoms with Gasteiger partial charge < -0.3 is 10.6 Å². The molecule has 2 N–H and O–H groups in total. The van der Waals surface area contributed by atoms with Gasteiger partial charge in [0, 0.05) is 29.8 Å². The minimum Gasteiger partial charge on any atom is -0.352 e. The highest BCUT2D eigenvalue weighted by Gasteiger charge is 2.14. The van der Waals surface area contributed by atoms with E-state index >= 15 is 0 Å². The monoisotopic (exact) mass is 291 g/mol. The van der Waals surface area contributed by atoms with Gasteiger partial charge in [-0.3, -0.25) is 0 Å². The largest absolute Gasteiger partial charge is 0.352 e. The van der Waals surface area contributed by atoms with Crippen LogP contribution in [-0.4, -0.2) is 24.1 Å². The molecule has 0 radical (unpaired) electrons. The fourth-order valence-corrected chi connectivity index (χ4v) is 2.10. The maximum Gasteiger partial charge on any atom is 0.147 e. The lowest BCUT2D eigenvalue weighted by molar-refractivity contribution is 0.675. The first kappa shape index (κ1) is 12.7. The van der Waals surface area contributed by atoms with Crippen molar-refractivity contribution in [2.24, 2.45) is 5.73 Å². The summed E-state index contributed by atoms with van der Waals surface area (Å²) in [5.41, 5.74) is 5.56. The van der Waals surface area contributed by atoms with Crippen LogP contribution in [0, 0.1) is 0 Å². The predicted molar refractivity (Wildman–Crippen MR) is 68.5 cm³/mol. The molecule has 0 unspecified atom stereocenters. The Kier molecular flexibility index (Phi) is 4.83. The van der Waals surface area contributed by atoms with E-state index in [4.69, 9.17) is 17.3 Å². The van der Waals surface area contributed by atoms with Crippen molar-refractivity contribution < 1.29 is 0 Å². The number of nitrogens with two attached hydrogens (primary N) is 1. The van der Waals surface area contributed by atoms with Gasteiger partial charge in [0.25, 0.3) is 0 Å². The first-order valence-corrected chi connectivity index (χ1v) is 6.01. The van der Waals surface area contributed by atoms with Crippen molar-refractivity contribution in [2.45, 2.75) is 19.9 Å². The Morgan fingerprint density at radius 2 is 2.27 bits per heavy atom. The van der Waals surface area contributed by atoms with Gasteiger partial charge in [0.1, 0.15) is 5.82 Å². The quantitative estimate of drug-likeness (QED) is 0.928. The van der Waals surface area contributed by atoms with Crippen LogP contribution in [0.15, 0.2) is 16.7 Å². The molecule has 0 fully saturated rings. The number of anilines is 1. The van der Waals surface area contributed by atoms with Crippen molar-refractivity contribution in [3.8, 4) is 0 Å². The standard InChI is InChI=1S/C10H15BrClN3/c1-7(2)15(4-3-13)10-9(12)5-8(11)6-14-10/h5-7H,3-4,13H2,1-2H3. The number of halogens is 2. The summed E-state index contributed by atoms with van der Waals surface area (Å²) in [7, 11) is 0. The molecule has 1 aromatic rings. The summed E-state index contributed by atoms with van der Waals surface area (Å²) in [4.78, 5) is 6.40. The van der Waals surface area contributed by atoms with Crippen molar-refractivity contribution in [3.63, 3.8) is 0 Å². The highest BCUT2D eigenvalue weighted by molar-refractivity contribution is 9.10. The summed E-state index contributed by atoms with van der Waals surface area (Å²) in [5.74, 6) is 0.792. The van der Waals surface area contributed by atoms with Crippen molar-refractivity contribution in [1.29, 1.82) is 0 Å². The van der Waals surface area contributed by atoms with Crippen LogP contribution in [0.5, 0.6) is 0 Å². The first-order chi connectivity index (χ1) is 7.06. The summed E-state index contributed by atoms with van der Waals surface area (Å²) in [6.45, 7) is 5.53. The third-order valence-corrected chi connectivity index (χ3v) is 2.77. The van der Waals surface area contributed by atoms with Gasteiger partial charge in [-0.05, 0) is 35.8 Å². The smallest absolute Gasteiger partial charge is 0.147 e. The maximum atomic E-state index is 6.13. The fraction of sp³-hybridized carbons (Fsp3) is 0.500. The molecular formula is C10H15BrClN3. The van der Waals surface area contributed by atoms with E-state index in [-0.39, 0.29) is 0 Å². The van der Waals surface area contributed by atoms with E-state index < -0.39 is 0 Å². The molecule has 1 rings (SSSR count). The molecule has 0 aliphatic carbocycles. The van der Waals surface area contributed by atoms with Gasteiger partial charge >= 0.3 is 0 Å². The molecule has 3 nitrogen and oxygen atoms in total. The number of rotatable bonds is 4. The van der Waals surface area contributed by atoms with Crippen LogP contribution in [0.4, 0.5) is 5.82 Å². The molecule has 0 aromatic carbocycles. The topological polar surface area (TPSA) is 42.1 Å². The van der Waals surface area contributed by atoms with Crippen LogP contribution in [0.1, 0.15) is 13.8 Å². The van der Waals surface area contributed by atoms with Crippen molar-refractivity contribution in [1.82, 2.24) is 4.98 Å². The van der Waals surface area contributed by atoms with Crippen molar-refractivity contribution in [2.75, 3.05) is 18.0 Å². The molecule has 1 heterocycles. The van der Waals surface area contributed by atoms with Crippen LogP contribution in [0.3, 0.4) is 0 Å². The Balaban J connectivity index is 3.00. The second-order valence-electron chi connectivity index (χ2n) is 3.53. The van der Waals surface area contributed by atoms with Gasteiger partial charge in [0.2, 0.25) is 0 Å². The SMILES string of the molecule is CC(C)N(CCN)c1ncc(Br)cc1Cl. The lowest BCUT2D eigenvalue weighted by atomic mass is 10.3. The molecule has 5 heteroatoms. The second-order valence-corrected chi connectivity index (χ2v) is 4.86. The van der Waals surface area contributed by atoms with Crippen LogP contribution in [0.25, 0.3) is 0 Å². The molecule has 84 valence electrons. The molecule has 15 heavy (non-hydrogen) atoms. The van der Waals surface area contributed by atoms with E-state index in [0.29, 0.717) is 17.6 Å². The van der Waals surface area contributed by atoms with E-state index in [9.17, 15) is 0 Å². The molecule has 0 spiro atoms. The van der Waals surface area contributed by atoms with Crippen LogP contribution >= 0.6 is 27.5 Å². The zero-order chi connectivity index (χ0) is 11.4. The molecule has 0 saturated heterocycles. The molecular weight excluding hydrogens is 277 g/mol. The normalized spacial score (nSPS) is 10.8. The van der Waals surface area contributed by atoms with E-state index in [0.717, 1.165) is 16.8 Å². The molecule has 0 aliphatic heterocycles. The number of pyridine rings is 1. The van der Waals surface area contributed by atoms with Gasteiger partial charge in [0.05, 0.1) is 5.02 Å². The second kappa shape index (κ2) is 5.68. The molecule has 0 bridgehead atoms. The minimum absolute atomic E-state index is 0.333. The summed E-state index contributed by atoms with van der Waals surface area (Å²) < 4.78 is 0.882. The van der Waals surface area contributed by atoms with Gasteiger partial charge in [-0.2, -0.15) is 0 Å². The van der Waals surface area contributed by atoms with Gasteiger partial charge in [-0.15, -0.1) is 0 Å². The van der Waals surface area contributed by atoms with Crippen molar-refractivity contribution >= 4 is 33.3 Å². The molecule has 1 aromatic heterocycles. The van der Waals surface area contributed by atoms with E-state index in [1.807, 2.05) is 6.07 Å². The third-order valence-electron chi connectivity index (χ3n) is 2.05. The predicted octanol–water partition coefficient (Wildman–Crippen LogP) is 2.67. The molecule has 0 aliphatic rings. The summed E-state index contributed by atoms with van der Waals surface area (Å²) >= 11 is 9.46. The van der Waals surface area contributed by atoms with E-state index in [2.05, 4.69) is 39.7 Å². The average Bonchev–Trinajstić information content (AvgIpc) is 2.15. The fourth-order valence-electron chi connectivity index (χ4n) is 1.37. The summed E-state index contributed by atoms with van der Waals surface area (Å²) in [6, 6.07) is 2.18. The van der Waals surface area contributed by atoms with Crippen LogP contribution < -0.4 is 10.6 Å². The summed E-state index contributed by atoms with van der Waals surface area (Å²) in [6.07, 6.45) is 1.74. The highest BCUT2D eigenvalue weighted by Crippen LogP contribution is 2.27. The number of hydrogen-bond acceptors (Lipinski definition) is 3. The highest BCUT2D eigenvalue weighted by atomic mass is 79.9. The van der Waals surface area contributed by atoms with Crippen LogP contribution in [-0.2, 0) is 0 Å². The molecule has 0 atom stereocenters. The van der Waals surface area contributed by atoms with Crippen molar-refractivity contribution in [3.05, 3.63) is 21.8 Å². The summed E-state index contributed by atoms with van der Waals surface area (Å²) in [5, 5.41) is 0.645. The van der Waals surface area contributed by atoms with E-state index in [1.165, 1.54) is 0 Å². The lowest BCUT2D eigenvalue weighted by Crippen LogP contribution is -2.36. The average molecular weight is 293 g/mol. The number of aromatic nitrogens is 1. The number of nitrogens with zero attached hydrogens (tertiary/aromatic N) is 2. The maximum absolute atomic E-state index is 6.13. The van der Waals surface area contributed by atoms with Gasteiger partial charge in [-0.1, -0.05) is 11.6 Å².